The first-order valence-electron chi connectivity index (χ1n) is 8.53. The molecule has 28 heavy (non-hydrogen) atoms. The Morgan fingerprint density at radius 2 is 1.86 bits per heavy atom. The Hall–Kier alpha value is -3.87. The van der Waals surface area contributed by atoms with Crippen LogP contribution in [0.5, 0.6) is 17.2 Å². The second-order valence-corrected chi connectivity index (χ2v) is 6.43. The zero-order chi connectivity index (χ0) is 19.8. The van der Waals surface area contributed by atoms with Gasteiger partial charge in [-0.3, -0.25) is 4.79 Å². The fraction of sp³-hybridized carbons (Fsp3) is 0.0952. The van der Waals surface area contributed by atoms with Gasteiger partial charge in [-0.2, -0.15) is 0 Å². The van der Waals surface area contributed by atoms with Crippen molar-refractivity contribution in [3.8, 4) is 28.6 Å². The monoisotopic (exact) mass is 379 g/mol. The van der Waals surface area contributed by atoms with Crippen LogP contribution in [0.15, 0.2) is 62.4 Å². The van der Waals surface area contributed by atoms with Crippen LogP contribution in [0.3, 0.4) is 0 Å². The molecule has 2 aromatic heterocycles. The van der Waals surface area contributed by atoms with Gasteiger partial charge in [0.15, 0.2) is 22.8 Å². The molecule has 0 bridgehead atoms. The van der Waals surface area contributed by atoms with Crippen LogP contribution in [0.1, 0.15) is 11.3 Å². The third-order valence-corrected chi connectivity index (χ3v) is 4.38. The van der Waals surface area contributed by atoms with Crippen molar-refractivity contribution in [1.29, 1.82) is 0 Å². The van der Waals surface area contributed by atoms with Crippen molar-refractivity contribution in [1.82, 2.24) is 0 Å². The standard InChI is InChI=1S/C21H17NO6/c1-11-7-14-18(25)19(26)20(12-4-5-16(23)17(24)9-12)28-21(14)15(8-11)22-10-13-3-2-6-27-13/h2-9,22-24,26H,10H2,1H3. The molecule has 0 saturated carbocycles. The summed E-state index contributed by atoms with van der Waals surface area (Å²) in [5.41, 5.74) is 1.31. The molecule has 4 rings (SSSR count). The van der Waals surface area contributed by atoms with Gasteiger partial charge in [0.2, 0.25) is 11.2 Å². The van der Waals surface area contributed by atoms with E-state index >= 15 is 0 Å². The first-order chi connectivity index (χ1) is 13.4. The molecule has 0 aliphatic carbocycles. The fourth-order valence-electron chi connectivity index (χ4n) is 3.02. The van der Waals surface area contributed by atoms with Crippen molar-refractivity contribution in [3.63, 3.8) is 0 Å². The van der Waals surface area contributed by atoms with E-state index < -0.39 is 11.2 Å². The quantitative estimate of drug-likeness (QED) is 0.395. The Morgan fingerprint density at radius 1 is 1.04 bits per heavy atom. The van der Waals surface area contributed by atoms with E-state index in [1.165, 1.54) is 18.2 Å². The minimum atomic E-state index is -0.589. The molecule has 0 spiro atoms. The van der Waals surface area contributed by atoms with Gasteiger partial charge in [0.25, 0.3) is 0 Å². The van der Waals surface area contributed by atoms with E-state index in [0.29, 0.717) is 18.0 Å². The van der Waals surface area contributed by atoms with Crippen LogP contribution in [0.25, 0.3) is 22.3 Å². The molecule has 0 radical (unpaired) electrons. The number of phenols is 2. The first kappa shape index (κ1) is 17.5. The van der Waals surface area contributed by atoms with Gasteiger partial charge in [-0.25, -0.2) is 0 Å². The van der Waals surface area contributed by atoms with E-state index in [9.17, 15) is 20.1 Å². The van der Waals surface area contributed by atoms with Crippen molar-refractivity contribution < 1.29 is 24.2 Å². The first-order valence-corrected chi connectivity index (χ1v) is 8.53. The number of fused-ring (bicyclic) bond motifs is 1. The summed E-state index contributed by atoms with van der Waals surface area (Å²) in [4.78, 5) is 12.7. The maximum Gasteiger partial charge on any atom is 0.235 e. The average molecular weight is 379 g/mol. The number of hydrogen-bond acceptors (Lipinski definition) is 7. The highest BCUT2D eigenvalue weighted by molar-refractivity contribution is 5.92. The number of anilines is 1. The van der Waals surface area contributed by atoms with Crippen LogP contribution in [-0.2, 0) is 6.54 Å². The molecule has 0 saturated heterocycles. The molecular formula is C21H17NO6. The molecule has 7 heteroatoms. The molecule has 4 N–H and O–H groups in total. The Morgan fingerprint density at radius 3 is 2.57 bits per heavy atom. The fourth-order valence-corrected chi connectivity index (χ4v) is 3.02. The normalized spacial score (nSPS) is 11.0. The second-order valence-electron chi connectivity index (χ2n) is 6.43. The molecule has 0 unspecified atom stereocenters. The van der Waals surface area contributed by atoms with Crippen LogP contribution in [0.4, 0.5) is 5.69 Å². The Balaban J connectivity index is 1.89. The third-order valence-electron chi connectivity index (χ3n) is 4.38. The van der Waals surface area contributed by atoms with Crippen molar-refractivity contribution in [2.24, 2.45) is 0 Å². The van der Waals surface area contributed by atoms with Gasteiger partial charge in [0.1, 0.15) is 5.76 Å². The van der Waals surface area contributed by atoms with Crippen molar-refractivity contribution in [3.05, 3.63) is 70.3 Å². The average Bonchev–Trinajstić information content (AvgIpc) is 3.19. The number of aromatic hydroxyl groups is 3. The zero-order valence-electron chi connectivity index (χ0n) is 14.9. The molecule has 0 aliphatic rings. The molecule has 142 valence electrons. The summed E-state index contributed by atoms with van der Waals surface area (Å²) in [5, 5.41) is 33.0. The molecule has 4 aromatic rings. The number of aryl methyl sites for hydroxylation is 1. The third kappa shape index (κ3) is 3.03. The SMILES string of the molecule is Cc1cc(NCc2ccco2)c2oc(-c3ccc(O)c(O)c3)c(O)c(=O)c2c1. The minimum Gasteiger partial charge on any atom is -0.504 e. The van der Waals surface area contributed by atoms with Crippen LogP contribution < -0.4 is 10.7 Å². The lowest BCUT2D eigenvalue weighted by Gasteiger charge is -2.12. The second kappa shape index (κ2) is 6.70. The van der Waals surface area contributed by atoms with E-state index in [2.05, 4.69) is 5.32 Å². The van der Waals surface area contributed by atoms with Crippen LogP contribution in [0, 0.1) is 6.92 Å². The highest BCUT2D eigenvalue weighted by Gasteiger charge is 2.19. The molecule has 2 aromatic carbocycles. The highest BCUT2D eigenvalue weighted by Crippen LogP contribution is 2.37. The van der Waals surface area contributed by atoms with Crippen LogP contribution in [-0.4, -0.2) is 15.3 Å². The number of benzene rings is 2. The van der Waals surface area contributed by atoms with E-state index in [1.54, 1.807) is 18.4 Å². The van der Waals surface area contributed by atoms with Crippen LogP contribution >= 0.6 is 0 Å². The maximum atomic E-state index is 12.7. The van der Waals surface area contributed by atoms with Crippen molar-refractivity contribution >= 4 is 16.7 Å². The molecule has 0 amide bonds. The molecule has 0 atom stereocenters. The van der Waals surface area contributed by atoms with Gasteiger partial charge in [-0.15, -0.1) is 0 Å². The Bertz CT molecular complexity index is 1220. The lowest BCUT2D eigenvalue weighted by Crippen LogP contribution is -2.06. The van der Waals surface area contributed by atoms with Gasteiger partial charge < -0.3 is 29.5 Å². The predicted octanol–water partition coefficient (Wildman–Crippen LogP) is 4.09. The lowest BCUT2D eigenvalue weighted by atomic mass is 10.1. The number of furan rings is 1. The summed E-state index contributed by atoms with van der Waals surface area (Å²) in [6, 6.07) is 10.9. The summed E-state index contributed by atoms with van der Waals surface area (Å²) in [5.74, 6) is -0.667. The minimum absolute atomic E-state index is 0.0994. The summed E-state index contributed by atoms with van der Waals surface area (Å²) in [7, 11) is 0. The largest absolute Gasteiger partial charge is 0.504 e. The zero-order valence-corrected chi connectivity index (χ0v) is 14.9. The predicted molar refractivity (Wildman–Crippen MR) is 104 cm³/mol. The molecular weight excluding hydrogens is 362 g/mol. The summed E-state index contributed by atoms with van der Waals surface area (Å²) < 4.78 is 11.2. The molecule has 0 fully saturated rings. The Kier molecular flexibility index (Phi) is 4.19. The van der Waals surface area contributed by atoms with Crippen molar-refractivity contribution in [2.75, 3.05) is 5.32 Å². The number of rotatable bonds is 4. The van der Waals surface area contributed by atoms with Gasteiger partial charge in [-0.05, 0) is 55.0 Å². The highest BCUT2D eigenvalue weighted by atomic mass is 16.4. The van der Waals surface area contributed by atoms with E-state index in [1.807, 2.05) is 19.1 Å². The smallest absolute Gasteiger partial charge is 0.235 e. The number of nitrogens with one attached hydrogen (secondary N) is 1. The van der Waals surface area contributed by atoms with Gasteiger partial charge >= 0.3 is 0 Å². The van der Waals surface area contributed by atoms with E-state index in [-0.39, 0.29) is 33.8 Å². The van der Waals surface area contributed by atoms with Crippen molar-refractivity contribution in [2.45, 2.75) is 13.5 Å². The van der Waals surface area contributed by atoms with Gasteiger partial charge in [0, 0.05) is 5.56 Å². The summed E-state index contributed by atoms with van der Waals surface area (Å²) in [6.45, 7) is 2.21. The lowest BCUT2D eigenvalue weighted by molar-refractivity contribution is 0.403. The Labute approximate surface area is 159 Å². The van der Waals surface area contributed by atoms with Gasteiger partial charge in [0.05, 0.1) is 23.9 Å². The molecule has 0 aliphatic heterocycles. The summed E-state index contributed by atoms with van der Waals surface area (Å²) >= 11 is 0. The van der Waals surface area contributed by atoms with E-state index in [0.717, 1.165) is 5.56 Å². The topological polar surface area (TPSA) is 116 Å². The van der Waals surface area contributed by atoms with Crippen LogP contribution in [0.2, 0.25) is 0 Å². The number of hydrogen-bond donors (Lipinski definition) is 4. The van der Waals surface area contributed by atoms with Gasteiger partial charge in [-0.1, -0.05) is 0 Å². The van der Waals surface area contributed by atoms with E-state index in [4.69, 9.17) is 8.83 Å². The number of phenolic OH excluding ortho intramolecular Hbond substituents is 2. The maximum absolute atomic E-state index is 12.7. The molecule has 7 nitrogen and oxygen atoms in total. The summed E-state index contributed by atoms with van der Waals surface area (Å²) in [6.07, 6.45) is 1.57. The molecule has 2 heterocycles.